The Hall–Kier alpha value is -4.19. The van der Waals surface area contributed by atoms with Crippen molar-refractivity contribution in [1.82, 2.24) is 14.1 Å². The van der Waals surface area contributed by atoms with Gasteiger partial charge in [-0.15, -0.1) is 0 Å². The lowest BCUT2D eigenvalue weighted by Gasteiger charge is -2.12. The maximum atomic E-state index is 14.6. The van der Waals surface area contributed by atoms with E-state index in [1.165, 1.54) is 19.2 Å². The number of aromatic amines is 1. The Morgan fingerprint density at radius 2 is 1.84 bits per heavy atom. The van der Waals surface area contributed by atoms with E-state index in [2.05, 4.69) is 20.0 Å². The smallest absolute Gasteiger partial charge is 0.358 e. The lowest BCUT2D eigenvalue weighted by molar-refractivity contribution is -0.135. The first kappa shape index (κ1) is 28.4. The van der Waals surface area contributed by atoms with Gasteiger partial charge in [0.1, 0.15) is 7.11 Å². The van der Waals surface area contributed by atoms with Gasteiger partial charge in [0, 0.05) is 11.1 Å². The average molecular weight is 548 g/mol. The van der Waals surface area contributed by atoms with Crippen LogP contribution >= 0.6 is 11.6 Å². The fourth-order valence-corrected chi connectivity index (χ4v) is 3.46. The summed E-state index contributed by atoms with van der Waals surface area (Å²) < 4.78 is 26.8. The fraction of sp³-hybridized carbons (Fsp3) is 0.320. The first-order valence-electron chi connectivity index (χ1n) is 11.6. The van der Waals surface area contributed by atoms with E-state index in [0.717, 1.165) is 15.2 Å². The number of oxime groups is 1. The highest BCUT2D eigenvalue weighted by Crippen LogP contribution is 2.23. The van der Waals surface area contributed by atoms with E-state index in [4.69, 9.17) is 21.1 Å². The molecule has 1 aromatic heterocycles. The molecule has 11 nitrogen and oxygen atoms in total. The summed E-state index contributed by atoms with van der Waals surface area (Å²) in [5.74, 6) is -1.46. The molecule has 0 saturated carbocycles. The third kappa shape index (κ3) is 7.19. The van der Waals surface area contributed by atoms with Crippen molar-refractivity contribution in [2.45, 2.75) is 40.0 Å². The Bertz CT molecular complexity index is 1510. The molecule has 38 heavy (non-hydrogen) atoms. The van der Waals surface area contributed by atoms with Crippen LogP contribution in [0.25, 0.3) is 0 Å². The van der Waals surface area contributed by atoms with E-state index in [-0.39, 0.29) is 42.0 Å². The summed E-state index contributed by atoms with van der Waals surface area (Å²) in [7, 11) is 1.21. The van der Waals surface area contributed by atoms with Gasteiger partial charge in [0.25, 0.3) is 0 Å². The largest absolute Gasteiger partial charge is 0.488 e. The van der Waals surface area contributed by atoms with Crippen LogP contribution < -0.4 is 21.7 Å². The minimum Gasteiger partial charge on any atom is -0.488 e. The van der Waals surface area contributed by atoms with Gasteiger partial charge in [-0.05, 0) is 50.6 Å². The normalized spacial score (nSPS) is 12.1. The predicted molar refractivity (Wildman–Crippen MR) is 138 cm³/mol. The molecule has 1 N–H and O–H groups in total. The second-order valence-electron chi connectivity index (χ2n) is 8.17. The third-order valence-corrected chi connectivity index (χ3v) is 5.22. The number of carbonyl (C=O) groups excluding carboxylic acids is 1. The highest BCUT2D eigenvalue weighted by atomic mass is 35.5. The molecule has 0 aliphatic heterocycles. The lowest BCUT2D eigenvalue weighted by Crippen LogP contribution is -2.51. The molecule has 3 aromatic rings. The molecule has 3 rings (SSSR count). The van der Waals surface area contributed by atoms with Gasteiger partial charge in [-0.25, -0.2) is 28.3 Å². The van der Waals surface area contributed by atoms with Crippen LogP contribution in [0, 0.1) is 5.82 Å². The number of halogens is 2. The van der Waals surface area contributed by atoms with Crippen molar-refractivity contribution in [2.75, 3.05) is 13.7 Å². The summed E-state index contributed by atoms with van der Waals surface area (Å²) in [4.78, 5) is 50.2. The predicted octanol–water partition coefficient (Wildman–Crippen LogP) is 2.76. The van der Waals surface area contributed by atoms with Gasteiger partial charge in [-0.3, -0.25) is 9.55 Å². The molecule has 0 bridgehead atoms. The number of hydrogen-bond donors (Lipinski definition) is 1. The molecular weight excluding hydrogens is 521 g/mol. The zero-order valence-electron chi connectivity index (χ0n) is 21.2. The molecule has 0 radical (unpaired) electrons. The van der Waals surface area contributed by atoms with E-state index in [1.807, 2.05) is 0 Å². The van der Waals surface area contributed by atoms with Crippen molar-refractivity contribution in [1.29, 1.82) is 0 Å². The van der Waals surface area contributed by atoms with Crippen LogP contribution in [0.15, 0.2) is 62.2 Å². The van der Waals surface area contributed by atoms with Crippen molar-refractivity contribution in [2.24, 2.45) is 10.1 Å². The van der Waals surface area contributed by atoms with E-state index < -0.39 is 29.7 Å². The molecule has 2 aromatic carbocycles. The quantitative estimate of drug-likeness (QED) is 0.236. The van der Waals surface area contributed by atoms with Gasteiger partial charge < -0.3 is 14.3 Å². The standard InChI is InChI=1S/C25H27ClFN5O6/c1-5-37-22(33)20(30-36-4)14-32-24(34)29-23(28-18-10-11-21(19(27)12-18)38-15(2)3)31(25(32)35)13-16-6-8-17(26)9-7-16/h6-12,15H,5,13-14H2,1-4H3,(H,28,29,34). The van der Waals surface area contributed by atoms with Gasteiger partial charge in [-0.1, -0.05) is 28.9 Å². The van der Waals surface area contributed by atoms with E-state index in [0.29, 0.717) is 10.6 Å². The molecule has 0 spiro atoms. The number of hydrogen-bond acceptors (Lipinski definition) is 8. The van der Waals surface area contributed by atoms with Crippen molar-refractivity contribution >= 4 is 29.0 Å². The van der Waals surface area contributed by atoms with E-state index in [9.17, 15) is 18.8 Å². The van der Waals surface area contributed by atoms with E-state index in [1.54, 1.807) is 45.0 Å². The number of ether oxygens (including phenoxy) is 2. The SMILES string of the molecule is CCOC(=O)C(Cn1c(=O)[nH]c(=Nc2ccc(OC(C)C)c(F)c2)n(Cc2ccc(Cl)cc2)c1=O)=NOC. The topological polar surface area (TPSA) is 129 Å². The molecule has 0 saturated heterocycles. The number of H-pyrrole nitrogens is 1. The van der Waals surface area contributed by atoms with Crippen molar-refractivity contribution in [3.63, 3.8) is 0 Å². The third-order valence-electron chi connectivity index (χ3n) is 4.97. The van der Waals surface area contributed by atoms with Crippen LogP contribution in [0.1, 0.15) is 26.3 Å². The van der Waals surface area contributed by atoms with Crippen molar-refractivity contribution in [3.8, 4) is 5.75 Å². The van der Waals surface area contributed by atoms with Crippen LogP contribution in [0.3, 0.4) is 0 Å². The first-order valence-corrected chi connectivity index (χ1v) is 12.0. The maximum absolute atomic E-state index is 14.6. The van der Waals surface area contributed by atoms with Gasteiger partial charge in [0.15, 0.2) is 17.3 Å². The van der Waals surface area contributed by atoms with Crippen LogP contribution in [0.4, 0.5) is 10.1 Å². The van der Waals surface area contributed by atoms with Crippen LogP contribution in [0.5, 0.6) is 5.75 Å². The van der Waals surface area contributed by atoms with Crippen molar-refractivity contribution in [3.05, 3.63) is 85.5 Å². The van der Waals surface area contributed by atoms with Crippen LogP contribution in [0.2, 0.25) is 5.02 Å². The van der Waals surface area contributed by atoms with Crippen LogP contribution in [-0.4, -0.2) is 45.6 Å². The molecule has 0 fully saturated rings. The summed E-state index contributed by atoms with van der Waals surface area (Å²) in [6.07, 6.45) is -0.237. The Labute approximate surface area is 221 Å². The number of aromatic nitrogens is 3. The maximum Gasteiger partial charge on any atom is 0.358 e. The highest BCUT2D eigenvalue weighted by molar-refractivity contribution is 6.36. The van der Waals surface area contributed by atoms with Gasteiger partial charge in [-0.2, -0.15) is 0 Å². The Morgan fingerprint density at radius 1 is 1.13 bits per heavy atom. The van der Waals surface area contributed by atoms with Crippen molar-refractivity contribution < 1.29 is 23.5 Å². The van der Waals surface area contributed by atoms with Crippen LogP contribution in [-0.2, 0) is 27.5 Å². The molecule has 202 valence electrons. The number of carbonyl (C=O) groups is 1. The molecule has 0 amide bonds. The zero-order chi connectivity index (χ0) is 27.8. The molecular formula is C25H27ClFN5O6. The number of nitrogens with zero attached hydrogens (tertiary/aromatic N) is 4. The van der Waals surface area contributed by atoms with Gasteiger partial charge in [0.05, 0.1) is 31.5 Å². The number of benzene rings is 2. The molecule has 0 aliphatic rings. The summed E-state index contributed by atoms with van der Waals surface area (Å²) >= 11 is 5.98. The fourth-order valence-electron chi connectivity index (χ4n) is 3.33. The Balaban J connectivity index is 2.17. The first-order chi connectivity index (χ1) is 18.1. The molecule has 13 heteroatoms. The molecule has 0 atom stereocenters. The molecule has 0 unspecified atom stereocenters. The number of nitrogens with one attached hydrogen (secondary N) is 1. The van der Waals surface area contributed by atoms with E-state index >= 15 is 0 Å². The number of rotatable bonds is 10. The highest BCUT2D eigenvalue weighted by Gasteiger charge is 2.19. The van der Waals surface area contributed by atoms with Gasteiger partial charge >= 0.3 is 17.3 Å². The lowest BCUT2D eigenvalue weighted by atomic mass is 10.2. The second-order valence-corrected chi connectivity index (χ2v) is 8.61. The monoisotopic (exact) mass is 547 g/mol. The Morgan fingerprint density at radius 3 is 2.45 bits per heavy atom. The summed E-state index contributed by atoms with van der Waals surface area (Å²) in [5.41, 5.74) is -1.35. The second kappa shape index (κ2) is 12.9. The Kier molecular flexibility index (Phi) is 9.61. The molecule has 0 aliphatic carbocycles. The zero-order valence-corrected chi connectivity index (χ0v) is 22.0. The summed E-state index contributed by atoms with van der Waals surface area (Å²) in [6, 6.07) is 10.7. The molecule has 1 heterocycles. The minimum absolute atomic E-state index is 0.0290. The van der Waals surface area contributed by atoms with Gasteiger partial charge in [0.2, 0.25) is 5.62 Å². The minimum atomic E-state index is -0.880. The summed E-state index contributed by atoms with van der Waals surface area (Å²) in [5, 5.41) is 4.10. The average Bonchev–Trinajstić information content (AvgIpc) is 2.86. The summed E-state index contributed by atoms with van der Waals surface area (Å²) in [6.45, 7) is 4.63. The number of esters is 1.